The van der Waals surface area contributed by atoms with E-state index in [4.69, 9.17) is 0 Å². The molecule has 9 nitrogen and oxygen atoms in total. The molecule has 168 valence electrons. The standard InChI is InChI=1S/C21H23F2N7O2/c1-3-4-18(26-21(32)24-12-14-5-7-15(22)8-6-14)20(31)25-19-11-16(9-10-17(19)23)30-13(2)27-28-29-30/h5-11,18H,3-4,12H2,1-2H3,(H,25,31)(H2,24,26,32). The van der Waals surface area contributed by atoms with Gasteiger partial charge in [-0.3, -0.25) is 4.79 Å². The van der Waals surface area contributed by atoms with Gasteiger partial charge in [-0.05, 0) is 59.7 Å². The van der Waals surface area contributed by atoms with Gasteiger partial charge < -0.3 is 16.0 Å². The van der Waals surface area contributed by atoms with E-state index in [0.717, 1.165) is 0 Å². The highest BCUT2D eigenvalue weighted by Crippen LogP contribution is 2.19. The number of hydrogen-bond acceptors (Lipinski definition) is 5. The molecule has 32 heavy (non-hydrogen) atoms. The molecule has 0 aliphatic heterocycles. The topological polar surface area (TPSA) is 114 Å². The molecule has 3 N–H and O–H groups in total. The van der Waals surface area contributed by atoms with E-state index in [0.29, 0.717) is 29.9 Å². The van der Waals surface area contributed by atoms with E-state index < -0.39 is 23.8 Å². The van der Waals surface area contributed by atoms with Gasteiger partial charge in [-0.15, -0.1) is 5.10 Å². The number of tetrazole rings is 1. The molecule has 0 bridgehead atoms. The maximum atomic E-state index is 14.3. The molecule has 0 saturated carbocycles. The lowest BCUT2D eigenvalue weighted by atomic mass is 10.1. The third-order valence-electron chi connectivity index (χ3n) is 4.64. The Labute approximate surface area is 183 Å². The third-order valence-corrected chi connectivity index (χ3v) is 4.64. The molecular weight excluding hydrogens is 420 g/mol. The monoisotopic (exact) mass is 443 g/mol. The molecule has 1 unspecified atom stereocenters. The zero-order chi connectivity index (χ0) is 23.1. The summed E-state index contributed by atoms with van der Waals surface area (Å²) in [6, 6.07) is 8.33. The Hall–Kier alpha value is -3.89. The number of rotatable bonds is 8. The molecule has 2 aromatic carbocycles. The third kappa shape index (κ3) is 5.84. The number of nitrogens with zero attached hydrogens (tertiary/aromatic N) is 4. The van der Waals surface area contributed by atoms with E-state index >= 15 is 0 Å². The molecule has 1 aromatic heterocycles. The number of halogens is 2. The van der Waals surface area contributed by atoms with Crippen molar-refractivity contribution >= 4 is 17.6 Å². The smallest absolute Gasteiger partial charge is 0.315 e. The van der Waals surface area contributed by atoms with Crippen LogP contribution >= 0.6 is 0 Å². The van der Waals surface area contributed by atoms with E-state index in [2.05, 4.69) is 31.5 Å². The lowest BCUT2D eigenvalue weighted by Gasteiger charge is -2.19. The van der Waals surface area contributed by atoms with Crippen molar-refractivity contribution in [3.05, 3.63) is 65.5 Å². The predicted molar refractivity (Wildman–Crippen MR) is 113 cm³/mol. The van der Waals surface area contributed by atoms with Crippen LogP contribution in [0.5, 0.6) is 0 Å². The van der Waals surface area contributed by atoms with Gasteiger partial charge in [0, 0.05) is 6.54 Å². The van der Waals surface area contributed by atoms with E-state index in [9.17, 15) is 18.4 Å². The summed E-state index contributed by atoms with van der Waals surface area (Å²) >= 11 is 0. The van der Waals surface area contributed by atoms with Gasteiger partial charge in [0.05, 0.1) is 11.4 Å². The number of carbonyl (C=O) groups excluding carboxylic acids is 2. The van der Waals surface area contributed by atoms with Crippen LogP contribution in [0.4, 0.5) is 19.3 Å². The van der Waals surface area contributed by atoms with Crippen molar-refractivity contribution in [3.63, 3.8) is 0 Å². The van der Waals surface area contributed by atoms with Crippen LogP contribution in [0.2, 0.25) is 0 Å². The van der Waals surface area contributed by atoms with Crippen molar-refractivity contribution in [1.82, 2.24) is 30.8 Å². The quantitative estimate of drug-likeness (QED) is 0.495. The summed E-state index contributed by atoms with van der Waals surface area (Å²) in [5.41, 5.74) is 1.12. The minimum absolute atomic E-state index is 0.0583. The maximum absolute atomic E-state index is 14.3. The summed E-state index contributed by atoms with van der Waals surface area (Å²) in [6.45, 7) is 3.71. The molecule has 0 spiro atoms. The molecule has 11 heteroatoms. The number of nitrogens with one attached hydrogen (secondary N) is 3. The van der Waals surface area contributed by atoms with Crippen molar-refractivity contribution in [2.45, 2.75) is 39.3 Å². The number of anilines is 1. The SMILES string of the molecule is CCCC(NC(=O)NCc1ccc(F)cc1)C(=O)Nc1cc(-n2nnnc2C)ccc1F. The van der Waals surface area contributed by atoms with Crippen LogP contribution in [-0.4, -0.2) is 38.2 Å². The highest BCUT2D eigenvalue weighted by atomic mass is 19.1. The highest BCUT2D eigenvalue weighted by Gasteiger charge is 2.21. The van der Waals surface area contributed by atoms with Crippen molar-refractivity contribution in [2.75, 3.05) is 5.32 Å². The van der Waals surface area contributed by atoms with E-state index in [1.807, 2.05) is 6.92 Å². The van der Waals surface area contributed by atoms with Crippen LogP contribution in [0.1, 0.15) is 31.2 Å². The Morgan fingerprint density at radius 2 is 1.88 bits per heavy atom. The number of carbonyl (C=O) groups is 2. The van der Waals surface area contributed by atoms with Crippen LogP contribution in [-0.2, 0) is 11.3 Å². The Morgan fingerprint density at radius 3 is 2.53 bits per heavy atom. The zero-order valence-electron chi connectivity index (χ0n) is 17.6. The molecular formula is C21H23F2N7O2. The van der Waals surface area contributed by atoms with Gasteiger partial charge in [-0.1, -0.05) is 25.5 Å². The van der Waals surface area contributed by atoms with Crippen LogP contribution in [0.15, 0.2) is 42.5 Å². The van der Waals surface area contributed by atoms with E-state index in [1.54, 1.807) is 19.1 Å². The molecule has 0 aliphatic carbocycles. The summed E-state index contributed by atoms with van der Waals surface area (Å²) in [6.07, 6.45) is 0.964. The fourth-order valence-corrected chi connectivity index (χ4v) is 2.98. The Kier molecular flexibility index (Phi) is 7.42. The second kappa shape index (κ2) is 10.4. The van der Waals surface area contributed by atoms with Crippen LogP contribution in [0.25, 0.3) is 5.69 Å². The molecule has 1 heterocycles. The molecule has 1 atom stereocenters. The predicted octanol–water partition coefficient (Wildman–Crippen LogP) is 2.86. The van der Waals surface area contributed by atoms with Gasteiger partial charge in [0.1, 0.15) is 17.7 Å². The molecule has 0 fully saturated rings. The van der Waals surface area contributed by atoms with Gasteiger partial charge in [-0.2, -0.15) is 4.68 Å². The van der Waals surface area contributed by atoms with E-state index in [-0.39, 0.29) is 18.0 Å². The number of aryl methyl sites for hydroxylation is 1. The molecule has 0 radical (unpaired) electrons. The van der Waals surface area contributed by atoms with Crippen LogP contribution < -0.4 is 16.0 Å². The molecule has 3 aromatic rings. The molecule has 3 amide bonds. The zero-order valence-corrected chi connectivity index (χ0v) is 17.6. The van der Waals surface area contributed by atoms with E-state index in [1.165, 1.54) is 35.0 Å². The number of urea groups is 1. The summed E-state index contributed by atoms with van der Waals surface area (Å²) in [5.74, 6) is -1.07. The van der Waals surface area contributed by atoms with Crippen LogP contribution in [0.3, 0.4) is 0 Å². The Balaban J connectivity index is 1.65. The minimum atomic E-state index is -0.883. The lowest BCUT2D eigenvalue weighted by molar-refractivity contribution is -0.118. The Bertz CT molecular complexity index is 1090. The van der Waals surface area contributed by atoms with Gasteiger partial charge in [-0.25, -0.2) is 13.6 Å². The second-order valence-electron chi connectivity index (χ2n) is 7.09. The van der Waals surface area contributed by atoms with Crippen LogP contribution in [0, 0.1) is 18.6 Å². The van der Waals surface area contributed by atoms with Gasteiger partial charge >= 0.3 is 6.03 Å². The first kappa shape index (κ1) is 22.8. The summed E-state index contributed by atoms with van der Waals surface area (Å²) in [4.78, 5) is 25.0. The largest absolute Gasteiger partial charge is 0.334 e. The lowest BCUT2D eigenvalue weighted by Crippen LogP contribution is -2.47. The first-order valence-electron chi connectivity index (χ1n) is 10.0. The van der Waals surface area contributed by atoms with Gasteiger partial charge in [0.15, 0.2) is 5.82 Å². The minimum Gasteiger partial charge on any atom is -0.334 e. The fourth-order valence-electron chi connectivity index (χ4n) is 2.98. The normalized spacial score (nSPS) is 11.6. The average molecular weight is 443 g/mol. The maximum Gasteiger partial charge on any atom is 0.315 e. The van der Waals surface area contributed by atoms with Gasteiger partial charge in [0.2, 0.25) is 5.91 Å². The molecule has 0 saturated heterocycles. The van der Waals surface area contributed by atoms with Crippen molar-refractivity contribution in [3.8, 4) is 5.69 Å². The molecule has 3 rings (SSSR count). The highest BCUT2D eigenvalue weighted by molar-refractivity contribution is 5.97. The van der Waals surface area contributed by atoms with Crippen molar-refractivity contribution in [2.24, 2.45) is 0 Å². The number of amides is 3. The number of hydrogen-bond donors (Lipinski definition) is 3. The first-order valence-corrected chi connectivity index (χ1v) is 10.0. The van der Waals surface area contributed by atoms with Crippen molar-refractivity contribution < 1.29 is 18.4 Å². The summed E-state index contributed by atoms with van der Waals surface area (Å²) in [7, 11) is 0. The summed E-state index contributed by atoms with van der Waals surface area (Å²) < 4.78 is 28.7. The number of aromatic nitrogens is 4. The first-order chi connectivity index (χ1) is 15.4. The van der Waals surface area contributed by atoms with Gasteiger partial charge in [0.25, 0.3) is 0 Å². The summed E-state index contributed by atoms with van der Waals surface area (Å²) in [5, 5.41) is 18.9. The number of benzene rings is 2. The fraction of sp³-hybridized carbons (Fsp3) is 0.286. The average Bonchev–Trinajstić information content (AvgIpc) is 3.20. The van der Waals surface area contributed by atoms with Crippen molar-refractivity contribution in [1.29, 1.82) is 0 Å². The second-order valence-corrected chi connectivity index (χ2v) is 7.09. The molecule has 0 aliphatic rings. The Morgan fingerprint density at radius 1 is 1.12 bits per heavy atom.